The molecule has 0 heterocycles. The maximum atomic E-state index is 14.6. The largest absolute Gasteiger partial charge is 0.489 e. The van der Waals surface area contributed by atoms with E-state index in [0.29, 0.717) is 28.4 Å². The van der Waals surface area contributed by atoms with E-state index >= 15 is 0 Å². The second-order valence-electron chi connectivity index (χ2n) is 10.2. The Balaban J connectivity index is 1.92. The number of carbonyl (C=O) groups is 2. The van der Waals surface area contributed by atoms with Crippen molar-refractivity contribution in [2.75, 3.05) is 0 Å². The maximum Gasteiger partial charge on any atom is 0.303 e. The molecule has 0 aliphatic rings. The standard InChI is InChI=1S/C31H35ClFNO4/c1-18(2)12-28(23-14-19(3)13-20(4)15-23)34-31(37)25-16-24(9-7-22(25)8-11-29(35)36)38-17-26-27(32)10-6-21(5)30(26)33/h6-7,9-10,13-16,18,28H,8,11-12,17H2,1-5H3,(H,34,37)(H,35,36). The van der Waals surface area contributed by atoms with Gasteiger partial charge in [0.15, 0.2) is 0 Å². The molecular weight excluding hydrogens is 505 g/mol. The first-order valence-electron chi connectivity index (χ1n) is 12.7. The second-order valence-corrected chi connectivity index (χ2v) is 10.6. The van der Waals surface area contributed by atoms with E-state index in [1.54, 1.807) is 37.3 Å². The summed E-state index contributed by atoms with van der Waals surface area (Å²) in [4.78, 5) is 24.9. The number of rotatable bonds is 11. The molecule has 7 heteroatoms. The Kier molecular flexibility index (Phi) is 9.92. The summed E-state index contributed by atoms with van der Waals surface area (Å²) >= 11 is 6.18. The number of carboxylic acid groups (broad SMARTS) is 1. The van der Waals surface area contributed by atoms with Crippen molar-refractivity contribution in [1.29, 1.82) is 0 Å². The molecule has 3 aromatic carbocycles. The lowest BCUT2D eigenvalue weighted by atomic mass is 9.93. The molecule has 0 saturated carbocycles. The summed E-state index contributed by atoms with van der Waals surface area (Å²) in [5.74, 6) is -1.01. The number of benzene rings is 3. The lowest BCUT2D eigenvalue weighted by Crippen LogP contribution is -2.30. The van der Waals surface area contributed by atoms with Gasteiger partial charge in [-0.1, -0.05) is 66.9 Å². The van der Waals surface area contributed by atoms with Crippen LogP contribution < -0.4 is 10.1 Å². The van der Waals surface area contributed by atoms with Crippen LogP contribution in [0.15, 0.2) is 48.5 Å². The maximum absolute atomic E-state index is 14.6. The van der Waals surface area contributed by atoms with Crippen molar-refractivity contribution in [3.05, 3.63) is 98.3 Å². The zero-order valence-corrected chi connectivity index (χ0v) is 23.3. The van der Waals surface area contributed by atoms with Gasteiger partial charge in [0.1, 0.15) is 18.2 Å². The van der Waals surface area contributed by atoms with Crippen molar-refractivity contribution >= 4 is 23.5 Å². The molecule has 0 fully saturated rings. The van der Waals surface area contributed by atoms with Crippen LogP contribution in [0.25, 0.3) is 0 Å². The minimum absolute atomic E-state index is 0.111. The molecule has 0 spiro atoms. The molecule has 1 atom stereocenters. The molecule has 0 aliphatic carbocycles. The highest BCUT2D eigenvalue weighted by molar-refractivity contribution is 6.31. The number of ether oxygens (including phenoxy) is 1. The molecule has 0 aliphatic heterocycles. The number of nitrogens with one attached hydrogen (secondary N) is 1. The smallest absolute Gasteiger partial charge is 0.303 e. The summed E-state index contributed by atoms with van der Waals surface area (Å²) in [5.41, 5.74) is 4.87. The minimum atomic E-state index is -0.950. The SMILES string of the molecule is Cc1cc(C)cc(C(CC(C)C)NC(=O)c2cc(OCc3c(Cl)ccc(C)c3F)ccc2CCC(=O)O)c1. The highest BCUT2D eigenvalue weighted by Crippen LogP contribution is 2.28. The summed E-state index contributed by atoms with van der Waals surface area (Å²) in [7, 11) is 0. The zero-order chi connectivity index (χ0) is 28.0. The Hall–Kier alpha value is -3.38. The van der Waals surface area contributed by atoms with Gasteiger partial charge in [0, 0.05) is 17.5 Å². The Morgan fingerprint density at radius 1 is 1.03 bits per heavy atom. The number of hydrogen-bond acceptors (Lipinski definition) is 3. The van der Waals surface area contributed by atoms with Gasteiger partial charge in [-0.15, -0.1) is 0 Å². The average Bonchev–Trinajstić information content (AvgIpc) is 2.84. The lowest BCUT2D eigenvalue weighted by Gasteiger charge is -2.23. The van der Waals surface area contributed by atoms with Gasteiger partial charge in [-0.3, -0.25) is 9.59 Å². The van der Waals surface area contributed by atoms with Crippen LogP contribution in [-0.2, 0) is 17.8 Å². The van der Waals surface area contributed by atoms with E-state index in [4.69, 9.17) is 16.3 Å². The predicted octanol–water partition coefficient (Wildman–Crippen LogP) is 7.52. The van der Waals surface area contributed by atoms with Crippen LogP contribution in [0.1, 0.15) is 76.5 Å². The van der Waals surface area contributed by atoms with Crippen molar-refractivity contribution in [2.24, 2.45) is 5.92 Å². The number of halogens is 2. The van der Waals surface area contributed by atoms with Crippen LogP contribution in [0.4, 0.5) is 4.39 Å². The van der Waals surface area contributed by atoms with Crippen LogP contribution in [0, 0.1) is 32.5 Å². The Morgan fingerprint density at radius 2 is 1.71 bits per heavy atom. The zero-order valence-electron chi connectivity index (χ0n) is 22.5. The van der Waals surface area contributed by atoms with Crippen molar-refractivity contribution in [2.45, 2.75) is 66.5 Å². The van der Waals surface area contributed by atoms with E-state index in [1.165, 1.54) is 0 Å². The van der Waals surface area contributed by atoms with Crippen molar-refractivity contribution in [3.8, 4) is 5.75 Å². The topological polar surface area (TPSA) is 75.6 Å². The van der Waals surface area contributed by atoms with Gasteiger partial charge < -0.3 is 15.2 Å². The van der Waals surface area contributed by atoms with E-state index < -0.39 is 11.8 Å². The summed E-state index contributed by atoms with van der Waals surface area (Å²) in [6.45, 7) is 9.80. The third kappa shape index (κ3) is 7.81. The normalized spacial score (nSPS) is 11.9. The van der Waals surface area contributed by atoms with Gasteiger partial charge in [-0.05, 0) is 74.4 Å². The molecule has 38 heavy (non-hydrogen) atoms. The van der Waals surface area contributed by atoms with Crippen LogP contribution >= 0.6 is 11.6 Å². The molecular formula is C31H35ClFNO4. The lowest BCUT2D eigenvalue weighted by molar-refractivity contribution is -0.136. The second kappa shape index (κ2) is 12.9. The molecule has 1 unspecified atom stereocenters. The van der Waals surface area contributed by atoms with E-state index in [2.05, 4.69) is 37.4 Å². The molecule has 0 bridgehead atoms. The van der Waals surface area contributed by atoms with Gasteiger partial charge in [0.2, 0.25) is 0 Å². The number of aryl methyl sites for hydroxylation is 4. The first-order valence-corrected chi connectivity index (χ1v) is 13.1. The Labute approximate surface area is 229 Å². The third-order valence-corrected chi connectivity index (χ3v) is 6.71. The third-order valence-electron chi connectivity index (χ3n) is 6.36. The first-order chi connectivity index (χ1) is 17.9. The minimum Gasteiger partial charge on any atom is -0.489 e. The van der Waals surface area contributed by atoms with E-state index in [-0.39, 0.29) is 42.0 Å². The quantitative estimate of drug-likeness (QED) is 0.264. The molecule has 0 radical (unpaired) electrons. The molecule has 3 rings (SSSR count). The van der Waals surface area contributed by atoms with Gasteiger partial charge >= 0.3 is 5.97 Å². The molecule has 3 aromatic rings. The van der Waals surface area contributed by atoms with Gasteiger partial charge in [0.05, 0.1) is 11.1 Å². The highest BCUT2D eigenvalue weighted by Gasteiger charge is 2.21. The molecule has 1 amide bonds. The van der Waals surface area contributed by atoms with E-state index in [1.807, 2.05) is 13.8 Å². The molecule has 2 N–H and O–H groups in total. The van der Waals surface area contributed by atoms with Gasteiger partial charge in [0.25, 0.3) is 5.91 Å². The Morgan fingerprint density at radius 3 is 2.34 bits per heavy atom. The van der Waals surface area contributed by atoms with E-state index in [9.17, 15) is 19.1 Å². The van der Waals surface area contributed by atoms with Crippen molar-refractivity contribution < 1.29 is 23.8 Å². The molecule has 0 aromatic heterocycles. The van der Waals surface area contributed by atoms with Crippen molar-refractivity contribution in [3.63, 3.8) is 0 Å². The summed E-state index contributed by atoms with van der Waals surface area (Å²) in [6.07, 6.45) is 0.812. The summed E-state index contributed by atoms with van der Waals surface area (Å²) < 4.78 is 20.4. The van der Waals surface area contributed by atoms with Gasteiger partial charge in [-0.2, -0.15) is 0 Å². The average molecular weight is 540 g/mol. The fraction of sp³-hybridized carbons (Fsp3) is 0.355. The van der Waals surface area contributed by atoms with E-state index in [0.717, 1.165) is 23.1 Å². The number of carboxylic acids is 1. The molecule has 0 saturated heterocycles. The van der Waals surface area contributed by atoms with Crippen LogP contribution in [0.5, 0.6) is 5.75 Å². The fourth-order valence-electron chi connectivity index (χ4n) is 4.52. The summed E-state index contributed by atoms with van der Waals surface area (Å²) in [5, 5.41) is 12.6. The van der Waals surface area contributed by atoms with Crippen molar-refractivity contribution in [1.82, 2.24) is 5.32 Å². The monoisotopic (exact) mass is 539 g/mol. The summed E-state index contributed by atoms with van der Waals surface area (Å²) in [6, 6.07) is 14.2. The Bertz CT molecular complexity index is 1300. The van der Waals surface area contributed by atoms with Gasteiger partial charge in [-0.25, -0.2) is 4.39 Å². The van der Waals surface area contributed by atoms with Crippen LogP contribution in [-0.4, -0.2) is 17.0 Å². The highest BCUT2D eigenvalue weighted by atomic mass is 35.5. The fourth-order valence-corrected chi connectivity index (χ4v) is 4.72. The number of hydrogen-bond donors (Lipinski definition) is 2. The first kappa shape index (κ1) is 29.2. The van der Waals surface area contributed by atoms with Crippen LogP contribution in [0.2, 0.25) is 5.02 Å². The molecule has 5 nitrogen and oxygen atoms in total. The number of aliphatic carboxylic acids is 1. The predicted molar refractivity (Wildman–Crippen MR) is 148 cm³/mol. The number of carbonyl (C=O) groups excluding carboxylic acids is 1. The van der Waals surface area contributed by atoms with Crippen LogP contribution in [0.3, 0.4) is 0 Å². The molecule has 202 valence electrons. The number of amides is 1.